The number of carboxylic acid groups (broad SMARTS) is 1. The molecule has 0 bridgehead atoms. The van der Waals surface area contributed by atoms with Gasteiger partial charge in [0.05, 0.1) is 40.3 Å². The zero-order valence-electron chi connectivity index (χ0n) is 31.1. The van der Waals surface area contributed by atoms with Crippen molar-refractivity contribution in [2.75, 3.05) is 47.5 Å². The highest BCUT2D eigenvalue weighted by atomic mass is 16.7. The summed E-state index contributed by atoms with van der Waals surface area (Å²) in [5, 5.41) is 11.6. The topological polar surface area (TPSA) is 111 Å². The van der Waals surface area contributed by atoms with Gasteiger partial charge in [-0.1, -0.05) is 115 Å². The number of carboxylic acids is 1. The summed E-state index contributed by atoms with van der Waals surface area (Å²) in [4.78, 5) is 36.6. The van der Waals surface area contributed by atoms with Crippen LogP contribution in [0.2, 0.25) is 0 Å². The van der Waals surface area contributed by atoms with E-state index in [-0.39, 0.29) is 38.6 Å². The Morgan fingerprint density at radius 1 is 0.646 bits per heavy atom. The average molecular weight is 680 g/mol. The molecule has 0 rings (SSSR count). The summed E-state index contributed by atoms with van der Waals surface area (Å²) in [7, 11) is 5.88. The van der Waals surface area contributed by atoms with Gasteiger partial charge in [-0.05, 0) is 44.9 Å². The molecule has 2 unspecified atom stereocenters. The number of aliphatic carboxylic acids is 1. The molecule has 2 atom stereocenters. The van der Waals surface area contributed by atoms with E-state index in [4.69, 9.17) is 18.9 Å². The number of hydrogen-bond donors (Lipinski definition) is 0. The number of carbonyl (C=O) groups is 3. The number of likely N-dealkylation sites (N-methyl/N-ethyl adjacent to an activating group) is 1. The Morgan fingerprint density at radius 2 is 1.19 bits per heavy atom. The Bertz CT molecular complexity index is 893. The van der Waals surface area contributed by atoms with E-state index in [1.54, 1.807) is 0 Å². The quantitative estimate of drug-likeness (QED) is 0.0232. The number of allylic oxidation sites excluding steroid dienone is 6. The van der Waals surface area contributed by atoms with E-state index in [9.17, 15) is 19.5 Å². The van der Waals surface area contributed by atoms with E-state index in [0.29, 0.717) is 17.4 Å². The third-order valence-corrected chi connectivity index (χ3v) is 7.65. The Morgan fingerprint density at radius 3 is 1.77 bits per heavy atom. The van der Waals surface area contributed by atoms with Gasteiger partial charge in [0.25, 0.3) is 0 Å². The Hall–Kier alpha value is -2.49. The lowest BCUT2D eigenvalue weighted by Gasteiger charge is -2.26. The Balaban J connectivity index is 4.62. The highest BCUT2D eigenvalue weighted by molar-refractivity contribution is 5.70. The maximum Gasteiger partial charge on any atom is 0.306 e. The normalized spacial score (nSPS) is 13.4. The molecule has 0 aromatic carbocycles. The molecule has 48 heavy (non-hydrogen) atoms. The van der Waals surface area contributed by atoms with Gasteiger partial charge < -0.3 is 33.3 Å². The van der Waals surface area contributed by atoms with Crippen LogP contribution in [0.15, 0.2) is 36.5 Å². The molecular formula is C39H69NO8. The molecule has 0 aromatic heterocycles. The minimum atomic E-state index is -1.62. The van der Waals surface area contributed by atoms with Gasteiger partial charge in [-0.3, -0.25) is 9.59 Å². The smallest absolute Gasteiger partial charge is 0.306 e. The molecule has 0 amide bonds. The molecule has 0 aliphatic heterocycles. The number of nitrogens with zero attached hydrogens (tertiary/aromatic N) is 1. The fraction of sp³-hybridized carbons (Fsp3) is 0.769. The molecule has 9 nitrogen and oxygen atoms in total. The summed E-state index contributed by atoms with van der Waals surface area (Å²) in [5.74, 6) is -2.33. The third-order valence-electron chi connectivity index (χ3n) is 7.65. The van der Waals surface area contributed by atoms with Gasteiger partial charge in [0.15, 0.2) is 12.4 Å². The first-order valence-electron chi connectivity index (χ1n) is 18.6. The van der Waals surface area contributed by atoms with Crippen molar-refractivity contribution in [2.24, 2.45) is 0 Å². The van der Waals surface area contributed by atoms with Gasteiger partial charge in [-0.25, -0.2) is 0 Å². The highest BCUT2D eigenvalue weighted by Gasteiger charge is 2.21. The fourth-order valence-electron chi connectivity index (χ4n) is 4.72. The molecule has 0 N–H and O–H groups in total. The van der Waals surface area contributed by atoms with Crippen LogP contribution in [0.4, 0.5) is 0 Å². The Kier molecular flexibility index (Phi) is 30.1. The van der Waals surface area contributed by atoms with Gasteiger partial charge in [0, 0.05) is 12.8 Å². The van der Waals surface area contributed by atoms with Crippen molar-refractivity contribution in [2.45, 2.75) is 148 Å². The van der Waals surface area contributed by atoms with Crippen molar-refractivity contribution >= 4 is 17.9 Å². The molecule has 0 aliphatic rings. The highest BCUT2D eigenvalue weighted by Crippen LogP contribution is 2.12. The zero-order chi connectivity index (χ0) is 35.7. The Labute approximate surface area is 292 Å². The van der Waals surface area contributed by atoms with Crippen molar-refractivity contribution in [1.29, 1.82) is 0 Å². The fourth-order valence-corrected chi connectivity index (χ4v) is 4.72. The number of carbonyl (C=O) groups excluding carboxylic acids is 3. The first-order chi connectivity index (χ1) is 23.1. The maximum absolute atomic E-state index is 12.6. The van der Waals surface area contributed by atoms with Crippen molar-refractivity contribution in [3.8, 4) is 0 Å². The SMILES string of the molecule is CC/C=C\C/C=C\C/C=C\CCCCCC(=O)OC(COC(=O)CCCCCCCCCCCC)COC(OCC[N+](C)(C)C)C(=O)[O-]. The van der Waals surface area contributed by atoms with Gasteiger partial charge in [0.1, 0.15) is 13.2 Å². The van der Waals surface area contributed by atoms with Crippen molar-refractivity contribution in [3.05, 3.63) is 36.5 Å². The molecule has 0 saturated heterocycles. The minimum absolute atomic E-state index is 0.142. The zero-order valence-corrected chi connectivity index (χ0v) is 31.1. The minimum Gasteiger partial charge on any atom is -0.545 e. The summed E-state index contributed by atoms with van der Waals surface area (Å²) >= 11 is 0. The molecular weight excluding hydrogens is 610 g/mol. The average Bonchev–Trinajstić information content (AvgIpc) is 3.03. The van der Waals surface area contributed by atoms with Crippen LogP contribution in [0.1, 0.15) is 136 Å². The standard InChI is InChI=1S/C39H69NO8/c1-6-8-10-12-14-16-18-19-20-22-24-26-28-30-37(42)48-35(34-47-39(38(43)44)45-32-31-40(3,4)5)33-46-36(41)29-27-25-23-21-17-15-13-11-9-7-2/h8,10,14,16,19-20,35,39H,6-7,9,11-13,15,17-18,21-34H2,1-5H3/b10-8-,16-14-,20-19-. The van der Waals surface area contributed by atoms with Gasteiger partial charge in [0.2, 0.25) is 0 Å². The van der Waals surface area contributed by atoms with E-state index >= 15 is 0 Å². The van der Waals surface area contributed by atoms with Crippen LogP contribution in [0, 0.1) is 0 Å². The number of hydrogen-bond acceptors (Lipinski definition) is 8. The van der Waals surface area contributed by atoms with E-state index in [1.165, 1.54) is 44.9 Å². The van der Waals surface area contributed by atoms with Crippen LogP contribution in [0.5, 0.6) is 0 Å². The number of esters is 2. The van der Waals surface area contributed by atoms with E-state index in [2.05, 4.69) is 50.3 Å². The molecule has 0 radical (unpaired) electrons. The van der Waals surface area contributed by atoms with E-state index < -0.39 is 24.3 Å². The summed E-state index contributed by atoms with van der Waals surface area (Å²) in [5.41, 5.74) is 0. The van der Waals surface area contributed by atoms with Gasteiger partial charge in [-0.2, -0.15) is 0 Å². The van der Waals surface area contributed by atoms with Crippen molar-refractivity contribution in [3.63, 3.8) is 0 Å². The lowest BCUT2D eigenvalue weighted by atomic mass is 10.1. The molecule has 0 aromatic rings. The summed E-state index contributed by atoms with van der Waals surface area (Å²) in [6.45, 7) is 4.54. The van der Waals surface area contributed by atoms with Crippen LogP contribution in [0.3, 0.4) is 0 Å². The molecule has 0 spiro atoms. The van der Waals surface area contributed by atoms with Crippen molar-refractivity contribution < 1.29 is 42.9 Å². The monoisotopic (exact) mass is 680 g/mol. The predicted octanol–water partition coefficient (Wildman–Crippen LogP) is 7.38. The summed E-state index contributed by atoms with van der Waals surface area (Å²) < 4.78 is 22.4. The van der Waals surface area contributed by atoms with Crippen LogP contribution in [-0.4, -0.2) is 82.3 Å². The first kappa shape index (κ1) is 45.5. The molecule has 0 aliphatic carbocycles. The van der Waals surface area contributed by atoms with Crippen molar-refractivity contribution in [1.82, 2.24) is 0 Å². The number of quaternary nitrogens is 1. The summed E-state index contributed by atoms with van der Waals surface area (Å²) in [6.07, 6.45) is 29.0. The molecule has 9 heteroatoms. The van der Waals surface area contributed by atoms with E-state index in [0.717, 1.165) is 57.8 Å². The predicted molar refractivity (Wildman–Crippen MR) is 191 cm³/mol. The van der Waals surface area contributed by atoms with Gasteiger partial charge >= 0.3 is 11.9 Å². The molecule has 0 fully saturated rings. The lowest BCUT2D eigenvalue weighted by molar-refractivity contribution is -0.870. The second kappa shape index (κ2) is 31.8. The molecule has 0 saturated carbocycles. The molecule has 278 valence electrons. The summed E-state index contributed by atoms with van der Waals surface area (Å²) in [6, 6.07) is 0. The van der Waals surface area contributed by atoms with Crippen LogP contribution >= 0.6 is 0 Å². The van der Waals surface area contributed by atoms with Crippen LogP contribution in [0.25, 0.3) is 0 Å². The second-order valence-electron chi connectivity index (χ2n) is 13.5. The second-order valence-corrected chi connectivity index (χ2v) is 13.5. The number of ether oxygens (including phenoxy) is 4. The third kappa shape index (κ3) is 32.1. The number of rotatable bonds is 33. The largest absolute Gasteiger partial charge is 0.545 e. The van der Waals surface area contributed by atoms with E-state index in [1.807, 2.05) is 21.1 Å². The molecule has 0 heterocycles. The maximum atomic E-state index is 12.6. The van der Waals surface area contributed by atoms with Crippen LogP contribution < -0.4 is 5.11 Å². The van der Waals surface area contributed by atoms with Gasteiger partial charge in [-0.15, -0.1) is 0 Å². The number of unbranched alkanes of at least 4 members (excludes halogenated alkanes) is 12. The van der Waals surface area contributed by atoms with Crippen LogP contribution in [-0.2, 0) is 33.3 Å². The first-order valence-corrected chi connectivity index (χ1v) is 18.6. The lowest BCUT2D eigenvalue weighted by Crippen LogP contribution is -2.44.